The molecule has 0 saturated carbocycles. The van der Waals surface area contributed by atoms with Crippen LogP contribution in [0.5, 0.6) is 5.75 Å². The van der Waals surface area contributed by atoms with Crippen molar-refractivity contribution < 1.29 is 19.1 Å². The summed E-state index contributed by atoms with van der Waals surface area (Å²) in [5, 5.41) is 5.97. The lowest BCUT2D eigenvalue weighted by Crippen LogP contribution is -2.21. The maximum atomic E-state index is 12.6. The van der Waals surface area contributed by atoms with Crippen LogP contribution in [0.3, 0.4) is 0 Å². The lowest BCUT2D eigenvalue weighted by molar-refractivity contribution is -0.119. The van der Waals surface area contributed by atoms with E-state index in [1.165, 1.54) is 7.11 Å². The highest BCUT2D eigenvalue weighted by molar-refractivity contribution is 5.99. The first-order chi connectivity index (χ1) is 14.5. The third kappa shape index (κ3) is 4.97. The Morgan fingerprint density at radius 3 is 2.27 bits per heavy atom. The van der Waals surface area contributed by atoms with E-state index in [9.17, 15) is 9.59 Å². The molecule has 3 aromatic rings. The lowest BCUT2D eigenvalue weighted by atomic mass is 10.1. The van der Waals surface area contributed by atoms with Gasteiger partial charge in [0.15, 0.2) is 6.61 Å². The van der Waals surface area contributed by atoms with Gasteiger partial charge in [-0.1, -0.05) is 36.4 Å². The lowest BCUT2D eigenvalue weighted by Gasteiger charge is -2.15. The van der Waals surface area contributed by atoms with Crippen molar-refractivity contribution in [2.45, 2.75) is 13.8 Å². The molecule has 154 valence electrons. The summed E-state index contributed by atoms with van der Waals surface area (Å²) in [6.45, 7) is 3.64. The second kappa shape index (κ2) is 9.60. The molecule has 3 rings (SSSR count). The molecule has 0 atom stereocenters. The summed E-state index contributed by atoms with van der Waals surface area (Å²) in [7, 11) is 1.52. The smallest absolute Gasteiger partial charge is 0.340 e. The predicted molar refractivity (Wildman–Crippen MR) is 118 cm³/mol. The Bertz CT molecular complexity index is 1060. The highest BCUT2D eigenvalue weighted by atomic mass is 16.5. The Kier molecular flexibility index (Phi) is 6.70. The minimum atomic E-state index is -0.585. The molecule has 0 unspecified atom stereocenters. The van der Waals surface area contributed by atoms with Gasteiger partial charge in [0, 0.05) is 5.69 Å². The highest BCUT2D eigenvalue weighted by Crippen LogP contribution is 2.26. The molecule has 1 amide bonds. The molecule has 0 bridgehead atoms. The number of ether oxygens (including phenoxy) is 2. The van der Waals surface area contributed by atoms with Gasteiger partial charge in [0.1, 0.15) is 5.75 Å². The van der Waals surface area contributed by atoms with E-state index in [1.807, 2.05) is 38.1 Å². The van der Waals surface area contributed by atoms with Gasteiger partial charge in [0.25, 0.3) is 5.91 Å². The van der Waals surface area contributed by atoms with Crippen molar-refractivity contribution >= 4 is 28.9 Å². The average Bonchev–Trinajstić information content (AvgIpc) is 2.76. The third-order valence-electron chi connectivity index (χ3n) is 4.74. The minimum absolute atomic E-state index is 0.350. The van der Waals surface area contributed by atoms with E-state index in [2.05, 4.69) is 10.6 Å². The number of anilines is 3. The molecule has 6 nitrogen and oxygen atoms in total. The van der Waals surface area contributed by atoms with Crippen molar-refractivity contribution in [3.05, 3.63) is 83.4 Å². The summed E-state index contributed by atoms with van der Waals surface area (Å²) in [4.78, 5) is 24.8. The standard InChI is InChI=1S/C24H24N2O4/c1-16-9-8-13-19(17(16)2)25-20-11-5-4-10-18(20)24(28)30-15-23(27)26-21-12-6-7-14-22(21)29-3/h4-14,25H,15H2,1-3H3,(H,26,27). The first kappa shape index (κ1) is 20.9. The molecule has 3 aromatic carbocycles. The molecule has 0 aliphatic carbocycles. The number of aryl methyl sites for hydroxylation is 1. The summed E-state index contributed by atoms with van der Waals surface area (Å²) in [6, 6.07) is 20.0. The predicted octanol–water partition coefficient (Wildman–Crippen LogP) is 4.85. The van der Waals surface area contributed by atoms with E-state index >= 15 is 0 Å². The highest BCUT2D eigenvalue weighted by Gasteiger charge is 2.16. The van der Waals surface area contributed by atoms with Crippen LogP contribution in [0, 0.1) is 13.8 Å². The number of esters is 1. The molecule has 0 aromatic heterocycles. The van der Waals surface area contributed by atoms with E-state index < -0.39 is 18.5 Å². The largest absolute Gasteiger partial charge is 0.495 e. The molecule has 6 heteroatoms. The van der Waals surface area contributed by atoms with Crippen LogP contribution in [0.2, 0.25) is 0 Å². The summed E-state index contributed by atoms with van der Waals surface area (Å²) in [5.74, 6) is -0.508. The SMILES string of the molecule is COc1ccccc1NC(=O)COC(=O)c1ccccc1Nc1cccc(C)c1C. The van der Waals surface area contributed by atoms with Crippen LogP contribution in [0.25, 0.3) is 0 Å². The van der Waals surface area contributed by atoms with Crippen LogP contribution < -0.4 is 15.4 Å². The van der Waals surface area contributed by atoms with Crippen molar-refractivity contribution in [3.63, 3.8) is 0 Å². The summed E-state index contributed by atoms with van der Waals surface area (Å²) < 4.78 is 10.4. The maximum absolute atomic E-state index is 12.6. The Morgan fingerprint density at radius 1 is 0.833 bits per heavy atom. The van der Waals surface area contributed by atoms with Gasteiger partial charge in [-0.2, -0.15) is 0 Å². The number of para-hydroxylation sites is 3. The molecular weight excluding hydrogens is 380 g/mol. The average molecular weight is 404 g/mol. The number of carbonyl (C=O) groups excluding carboxylic acids is 2. The van der Waals surface area contributed by atoms with E-state index in [1.54, 1.807) is 42.5 Å². The van der Waals surface area contributed by atoms with Gasteiger partial charge >= 0.3 is 5.97 Å². The van der Waals surface area contributed by atoms with Crippen LogP contribution in [0.15, 0.2) is 66.7 Å². The topological polar surface area (TPSA) is 76.7 Å². The molecule has 0 aliphatic rings. The van der Waals surface area contributed by atoms with Crippen LogP contribution in [-0.2, 0) is 9.53 Å². The van der Waals surface area contributed by atoms with Gasteiger partial charge < -0.3 is 20.1 Å². The monoisotopic (exact) mass is 404 g/mol. The van der Waals surface area contributed by atoms with Gasteiger partial charge in [0.2, 0.25) is 0 Å². The van der Waals surface area contributed by atoms with E-state index in [0.717, 1.165) is 16.8 Å². The molecule has 0 spiro atoms. The summed E-state index contributed by atoms with van der Waals surface area (Å²) in [6.07, 6.45) is 0. The molecule has 30 heavy (non-hydrogen) atoms. The number of benzene rings is 3. The number of carbonyl (C=O) groups is 2. The Morgan fingerprint density at radius 2 is 1.50 bits per heavy atom. The second-order valence-corrected chi connectivity index (χ2v) is 6.74. The number of amides is 1. The van der Waals surface area contributed by atoms with Gasteiger partial charge in [-0.05, 0) is 55.3 Å². The zero-order valence-electron chi connectivity index (χ0n) is 17.2. The zero-order chi connectivity index (χ0) is 21.5. The van der Waals surface area contributed by atoms with Crippen LogP contribution in [0.1, 0.15) is 21.5 Å². The maximum Gasteiger partial charge on any atom is 0.340 e. The first-order valence-corrected chi connectivity index (χ1v) is 9.52. The van der Waals surface area contributed by atoms with Gasteiger partial charge in [-0.3, -0.25) is 4.79 Å². The molecule has 0 radical (unpaired) electrons. The molecule has 0 fully saturated rings. The number of nitrogens with one attached hydrogen (secondary N) is 2. The Balaban J connectivity index is 1.67. The Labute approximate surface area is 175 Å². The number of rotatable bonds is 7. The van der Waals surface area contributed by atoms with Crippen molar-refractivity contribution in [2.24, 2.45) is 0 Å². The van der Waals surface area contributed by atoms with Crippen molar-refractivity contribution in [3.8, 4) is 5.75 Å². The molecule has 0 heterocycles. The molecule has 2 N–H and O–H groups in total. The number of hydrogen-bond donors (Lipinski definition) is 2. The zero-order valence-corrected chi connectivity index (χ0v) is 17.2. The van der Waals surface area contributed by atoms with Crippen LogP contribution in [-0.4, -0.2) is 25.6 Å². The fourth-order valence-corrected chi connectivity index (χ4v) is 2.94. The summed E-state index contributed by atoms with van der Waals surface area (Å²) >= 11 is 0. The Hall–Kier alpha value is -3.80. The van der Waals surface area contributed by atoms with Crippen LogP contribution in [0.4, 0.5) is 17.1 Å². The fraction of sp³-hybridized carbons (Fsp3) is 0.167. The molecule has 0 aliphatic heterocycles. The fourth-order valence-electron chi connectivity index (χ4n) is 2.94. The van der Waals surface area contributed by atoms with Crippen molar-refractivity contribution in [2.75, 3.05) is 24.4 Å². The van der Waals surface area contributed by atoms with Crippen molar-refractivity contribution in [1.29, 1.82) is 0 Å². The molecular formula is C24H24N2O4. The van der Waals surface area contributed by atoms with E-state index in [-0.39, 0.29) is 0 Å². The normalized spacial score (nSPS) is 10.2. The van der Waals surface area contributed by atoms with Gasteiger partial charge in [-0.25, -0.2) is 4.79 Å². The molecule has 0 saturated heterocycles. The third-order valence-corrected chi connectivity index (χ3v) is 4.74. The van der Waals surface area contributed by atoms with E-state index in [4.69, 9.17) is 9.47 Å². The van der Waals surface area contributed by atoms with Crippen LogP contribution >= 0.6 is 0 Å². The van der Waals surface area contributed by atoms with Crippen molar-refractivity contribution in [1.82, 2.24) is 0 Å². The number of methoxy groups -OCH3 is 1. The van der Waals surface area contributed by atoms with E-state index in [0.29, 0.717) is 22.7 Å². The van der Waals surface area contributed by atoms with Gasteiger partial charge in [0.05, 0.1) is 24.0 Å². The number of hydrogen-bond acceptors (Lipinski definition) is 5. The quantitative estimate of drug-likeness (QED) is 0.551. The summed E-state index contributed by atoms with van der Waals surface area (Å²) in [5.41, 5.74) is 4.62. The second-order valence-electron chi connectivity index (χ2n) is 6.74. The first-order valence-electron chi connectivity index (χ1n) is 9.52. The minimum Gasteiger partial charge on any atom is -0.495 e. The van der Waals surface area contributed by atoms with Gasteiger partial charge in [-0.15, -0.1) is 0 Å².